The van der Waals surface area contributed by atoms with Crippen molar-refractivity contribution >= 4 is 11.3 Å². The van der Waals surface area contributed by atoms with Crippen molar-refractivity contribution in [3.05, 3.63) is 47.3 Å². The predicted molar refractivity (Wildman–Crippen MR) is 74.6 cm³/mol. The van der Waals surface area contributed by atoms with Gasteiger partial charge < -0.3 is 5.32 Å². The minimum absolute atomic E-state index is 0.443. The van der Waals surface area contributed by atoms with Crippen molar-refractivity contribution in [2.24, 2.45) is 0 Å². The van der Waals surface area contributed by atoms with Crippen molar-refractivity contribution in [3.63, 3.8) is 0 Å². The molecule has 2 aromatic rings. The fourth-order valence-electron chi connectivity index (χ4n) is 2.42. The Morgan fingerprint density at radius 3 is 2.65 bits per heavy atom. The molecule has 0 bridgehead atoms. The van der Waals surface area contributed by atoms with Crippen molar-refractivity contribution in [1.82, 2.24) is 5.32 Å². The third kappa shape index (κ3) is 2.03. The minimum Gasteiger partial charge on any atom is -0.319 e. The highest BCUT2D eigenvalue weighted by molar-refractivity contribution is 7.13. The predicted octanol–water partition coefficient (Wildman–Crippen LogP) is 3.67. The van der Waals surface area contributed by atoms with Gasteiger partial charge in [-0.05, 0) is 42.5 Å². The molecule has 0 amide bonds. The normalized spacial score (nSPS) is 17.0. The van der Waals surface area contributed by atoms with Gasteiger partial charge in [-0.1, -0.05) is 30.3 Å². The fraction of sp³-hybridized carbons (Fsp3) is 0.333. The third-order valence-corrected chi connectivity index (χ3v) is 4.62. The SMILES string of the molecule is CNCC1(c2csc(-c3ccccc3)c2)CC1. The van der Waals surface area contributed by atoms with Crippen LogP contribution in [-0.4, -0.2) is 13.6 Å². The highest BCUT2D eigenvalue weighted by Gasteiger charge is 2.43. The van der Waals surface area contributed by atoms with E-state index in [1.165, 1.54) is 28.8 Å². The van der Waals surface area contributed by atoms with E-state index in [0.717, 1.165) is 6.54 Å². The second-order valence-electron chi connectivity index (χ2n) is 4.88. The third-order valence-electron chi connectivity index (χ3n) is 3.64. The van der Waals surface area contributed by atoms with Crippen LogP contribution in [0.3, 0.4) is 0 Å². The van der Waals surface area contributed by atoms with Gasteiger partial charge in [0.25, 0.3) is 0 Å². The van der Waals surface area contributed by atoms with Crippen LogP contribution in [0.5, 0.6) is 0 Å². The van der Waals surface area contributed by atoms with Crippen LogP contribution in [0.25, 0.3) is 10.4 Å². The summed E-state index contributed by atoms with van der Waals surface area (Å²) in [5.41, 5.74) is 3.30. The van der Waals surface area contributed by atoms with E-state index in [4.69, 9.17) is 0 Å². The minimum atomic E-state index is 0.443. The van der Waals surface area contributed by atoms with Crippen molar-refractivity contribution in [2.75, 3.05) is 13.6 Å². The van der Waals surface area contributed by atoms with Gasteiger partial charge >= 0.3 is 0 Å². The molecule has 88 valence electrons. The number of hydrogen-bond donors (Lipinski definition) is 1. The number of hydrogen-bond acceptors (Lipinski definition) is 2. The molecule has 1 fully saturated rings. The van der Waals surface area contributed by atoms with E-state index >= 15 is 0 Å². The topological polar surface area (TPSA) is 12.0 Å². The molecule has 0 atom stereocenters. The molecule has 0 aliphatic heterocycles. The molecule has 3 rings (SSSR count). The largest absolute Gasteiger partial charge is 0.319 e. The summed E-state index contributed by atoms with van der Waals surface area (Å²) in [4.78, 5) is 1.39. The van der Waals surface area contributed by atoms with Gasteiger partial charge in [-0.2, -0.15) is 0 Å². The first-order chi connectivity index (χ1) is 8.34. The Morgan fingerprint density at radius 2 is 2.00 bits per heavy atom. The van der Waals surface area contributed by atoms with E-state index in [-0.39, 0.29) is 0 Å². The van der Waals surface area contributed by atoms with Crippen molar-refractivity contribution in [3.8, 4) is 10.4 Å². The molecule has 0 unspecified atom stereocenters. The molecular formula is C15H17NS. The van der Waals surface area contributed by atoms with E-state index in [9.17, 15) is 0 Å². The standard InChI is InChI=1S/C15H17NS/c1-16-11-15(7-8-15)13-9-14(17-10-13)12-5-3-2-4-6-12/h2-6,9-10,16H,7-8,11H2,1H3. The van der Waals surface area contributed by atoms with Crippen LogP contribution >= 0.6 is 11.3 Å². The Hall–Kier alpha value is -1.12. The number of benzene rings is 1. The van der Waals surface area contributed by atoms with Crippen LogP contribution in [-0.2, 0) is 5.41 Å². The fourth-order valence-corrected chi connectivity index (χ4v) is 3.46. The Balaban J connectivity index is 1.89. The zero-order valence-electron chi connectivity index (χ0n) is 10.1. The molecule has 1 aliphatic rings. The van der Waals surface area contributed by atoms with Crippen LogP contribution in [0.15, 0.2) is 41.8 Å². The zero-order valence-corrected chi connectivity index (χ0v) is 10.9. The van der Waals surface area contributed by atoms with E-state index in [1.54, 1.807) is 0 Å². The number of rotatable bonds is 4. The average Bonchev–Trinajstić information content (AvgIpc) is 2.98. The molecule has 17 heavy (non-hydrogen) atoms. The zero-order chi connectivity index (χ0) is 11.7. The Labute approximate surface area is 106 Å². The summed E-state index contributed by atoms with van der Waals surface area (Å²) in [7, 11) is 2.05. The first kappa shape index (κ1) is 11.0. The quantitative estimate of drug-likeness (QED) is 0.864. The summed E-state index contributed by atoms with van der Waals surface area (Å²) in [5.74, 6) is 0. The van der Waals surface area contributed by atoms with Crippen LogP contribution in [0.4, 0.5) is 0 Å². The molecule has 1 nitrogen and oxygen atoms in total. The Morgan fingerprint density at radius 1 is 1.24 bits per heavy atom. The molecule has 1 N–H and O–H groups in total. The summed E-state index contributed by atoms with van der Waals surface area (Å²) in [6.07, 6.45) is 2.66. The summed E-state index contributed by atoms with van der Waals surface area (Å²) in [6.45, 7) is 1.11. The maximum Gasteiger partial charge on any atom is 0.0345 e. The first-order valence-electron chi connectivity index (χ1n) is 6.13. The lowest BCUT2D eigenvalue weighted by atomic mass is 9.98. The van der Waals surface area contributed by atoms with Gasteiger partial charge in [0.05, 0.1) is 0 Å². The summed E-state index contributed by atoms with van der Waals surface area (Å²) >= 11 is 1.87. The molecule has 0 saturated heterocycles. The Bertz CT molecular complexity index is 497. The first-order valence-corrected chi connectivity index (χ1v) is 7.01. The van der Waals surface area contributed by atoms with Gasteiger partial charge in [0.2, 0.25) is 0 Å². The molecule has 1 aromatic heterocycles. The molecule has 1 aromatic carbocycles. The van der Waals surface area contributed by atoms with Gasteiger partial charge in [-0.15, -0.1) is 11.3 Å². The van der Waals surface area contributed by atoms with Crippen LogP contribution in [0, 0.1) is 0 Å². The molecule has 0 spiro atoms. The highest BCUT2D eigenvalue weighted by Crippen LogP contribution is 2.49. The van der Waals surface area contributed by atoms with Crippen molar-refractivity contribution < 1.29 is 0 Å². The Kier molecular flexibility index (Phi) is 2.77. The highest BCUT2D eigenvalue weighted by atomic mass is 32.1. The lowest BCUT2D eigenvalue weighted by Crippen LogP contribution is -2.22. The van der Waals surface area contributed by atoms with Gasteiger partial charge in [-0.3, -0.25) is 0 Å². The summed E-state index contributed by atoms with van der Waals surface area (Å²) in [6, 6.07) is 13.0. The lowest BCUT2D eigenvalue weighted by molar-refractivity contribution is 0.626. The van der Waals surface area contributed by atoms with Crippen LogP contribution in [0.1, 0.15) is 18.4 Å². The van der Waals surface area contributed by atoms with E-state index in [2.05, 4.69) is 47.1 Å². The number of nitrogens with one attached hydrogen (secondary N) is 1. The molecule has 2 heteroatoms. The molecular weight excluding hydrogens is 226 g/mol. The average molecular weight is 243 g/mol. The second-order valence-corrected chi connectivity index (χ2v) is 5.79. The molecule has 1 heterocycles. The summed E-state index contributed by atoms with van der Waals surface area (Å²) in [5, 5.41) is 5.66. The molecule has 1 aliphatic carbocycles. The van der Waals surface area contributed by atoms with Crippen LogP contribution in [0.2, 0.25) is 0 Å². The smallest absolute Gasteiger partial charge is 0.0345 e. The van der Waals surface area contributed by atoms with Gasteiger partial charge in [0.15, 0.2) is 0 Å². The maximum atomic E-state index is 3.32. The van der Waals surface area contributed by atoms with E-state index < -0.39 is 0 Å². The van der Waals surface area contributed by atoms with Gasteiger partial charge in [0.1, 0.15) is 0 Å². The van der Waals surface area contributed by atoms with E-state index in [1.807, 2.05) is 18.4 Å². The molecule has 0 radical (unpaired) electrons. The van der Waals surface area contributed by atoms with Crippen LogP contribution < -0.4 is 5.32 Å². The van der Waals surface area contributed by atoms with Gasteiger partial charge in [0, 0.05) is 16.8 Å². The monoisotopic (exact) mass is 243 g/mol. The van der Waals surface area contributed by atoms with Crippen molar-refractivity contribution in [2.45, 2.75) is 18.3 Å². The second kappa shape index (κ2) is 4.28. The summed E-state index contributed by atoms with van der Waals surface area (Å²) < 4.78 is 0. The lowest BCUT2D eigenvalue weighted by Gasteiger charge is -2.12. The molecule has 1 saturated carbocycles. The maximum absolute atomic E-state index is 3.32. The van der Waals surface area contributed by atoms with Gasteiger partial charge in [-0.25, -0.2) is 0 Å². The van der Waals surface area contributed by atoms with Crippen molar-refractivity contribution in [1.29, 1.82) is 0 Å². The van der Waals surface area contributed by atoms with E-state index in [0.29, 0.717) is 5.41 Å². The number of likely N-dealkylation sites (N-methyl/N-ethyl adjacent to an activating group) is 1. The number of thiophene rings is 1.